The van der Waals surface area contributed by atoms with Gasteiger partial charge in [-0.1, -0.05) is 6.07 Å². The van der Waals surface area contributed by atoms with Crippen molar-refractivity contribution in [3.05, 3.63) is 53.9 Å². The molecule has 7 nitrogen and oxygen atoms in total. The summed E-state index contributed by atoms with van der Waals surface area (Å²) in [6.07, 6.45) is 0. The third-order valence-corrected chi connectivity index (χ3v) is 3.77. The summed E-state index contributed by atoms with van der Waals surface area (Å²) in [5.74, 6) is 2.54. The Hall–Kier alpha value is -3.06. The molecule has 0 unspecified atom stereocenters. The van der Waals surface area contributed by atoms with Gasteiger partial charge in [0.2, 0.25) is 0 Å². The number of hydrogen-bond donors (Lipinski definition) is 3. The number of phenolic OH excluding ortho intramolecular Hbond substituents is 1. The summed E-state index contributed by atoms with van der Waals surface area (Å²) in [7, 11) is 1.60. The van der Waals surface area contributed by atoms with E-state index in [-0.39, 0.29) is 5.75 Å². The molecular weight excluding hydrogens is 320 g/mol. The first-order chi connectivity index (χ1) is 12.1. The molecule has 25 heavy (non-hydrogen) atoms. The van der Waals surface area contributed by atoms with Gasteiger partial charge in [-0.3, -0.25) is 5.10 Å². The van der Waals surface area contributed by atoms with E-state index in [9.17, 15) is 5.11 Å². The zero-order chi connectivity index (χ0) is 17.8. The predicted octanol–water partition coefficient (Wildman–Crippen LogP) is 2.63. The van der Waals surface area contributed by atoms with Crippen LogP contribution in [-0.4, -0.2) is 34.0 Å². The SMILES string of the molecule is CCOc1cc([C@H](N)c2nc(-c3ccc(O)cc3)n[nH]2)ccc1OC. The Balaban J connectivity index is 1.87. The molecule has 0 radical (unpaired) electrons. The number of nitrogens with two attached hydrogens (primary N) is 1. The van der Waals surface area contributed by atoms with Crippen molar-refractivity contribution in [1.82, 2.24) is 15.2 Å². The number of nitrogens with zero attached hydrogens (tertiary/aromatic N) is 2. The van der Waals surface area contributed by atoms with E-state index in [2.05, 4.69) is 15.2 Å². The highest BCUT2D eigenvalue weighted by Gasteiger charge is 2.17. The summed E-state index contributed by atoms with van der Waals surface area (Å²) < 4.78 is 10.9. The van der Waals surface area contributed by atoms with E-state index in [1.807, 2.05) is 25.1 Å². The van der Waals surface area contributed by atoms with Crippen LogP contribution in [0.3, 0.4) is 0 Å². The lowest BCUT2D eigenvalue weighted by atomic mass is 10.1. The zero-order valence-electron chi connectivity index (χ0n) is 14.1. The molecule has 7 heteroatoms. The van der Waals surface area contributed by atoms with Crippen LogP contribution in [0.1, 0.15) is 24.4 Å². The van der Waals surface area contributed by atoms with Gasteiger partial charge in [0.15, 0.2) is 17.3 Å². The largest absolute Gasteiger partial charge is 0.508 e. The van der Waals surface area contributed by atoms with E-state index in [0.29, 0.717) is 29.8 Å². The van der Waals surface area contributed by atoms with E-state index in [4.69, 9.17) is 15.2 Å². The number of aromatic amines is 1. The molecule has 4 N–H and O–H groups in total. The molecule has 2 aromatic carbocycles. The summed E-state index contributed by atoms with van der Waals surface area (Å²) in [6.45, 7) is 2.44. The van der Waals surface area contributed by atoms with Gasteiger partial charge in [0, 0.05) is 5.56 Å². The Kier molecular flexibility index (Phi) is 4.85. The molecule has 0 aliphatic carbocycles. The molecule has 1 aromatic heterocycles. The van der Waals surface area contributed by atoms with Crippen LogP contribution < -0.4 is 15.2 Å². The van der Waals surface area contributed by atoms with Gasteiger partial charge in [-0.2, -0.15) is 5.10 Å². The standard InChI is InChI=1S/C18H20N4O3/c1-3-25-15-10-12(6-9-14(15)24-2)16(19)18-20-17(21-22-18)11-4-7-13(23)8-5-11/h4-10,16,23H,3,19H2,1-2H3,(H,20,21,22)/t16-/m0/s1. The van der Waals surface area contributed by atoms with Crippen molar-refractivity contribution in [1.29, 1.82) is 0 Å². The maximum atomic E-state index is 9.37. The van der Waals surface area contributed by atoms with E-state index in [1.165, 1.54) is 0 Å². The number of H-pyrrole nitrogens is 1. The normalized spacial score (nSPS) is 12.0. The molecule has 0 aliphatic rings. The quantitative estimate of drug-likeness (QED) is 0.637. The van der Waals surface area contributed by atoms with Crippen LogP contribution in [0.4, 0.5) is 0 Å². The smallest absolute Gasteiger partial charge is 0.181 e. The van der Waals surface area contributed by atoms with E-state index in [1.54, 1.807) is 31.4 Å². The van der Waals surface area contributed by atoms with Crippen LogP contribution >= 0.6 is 0 Å². The van der Waals surface area contributed by atoms with Crippen LogP contribution in [-0.2, 0) is 0 Å². The Bertz CT molecular complexity index is 846. The second kappa shape index (κ2) is 7.23. The minimum absolute atomic E-state index is 0.192. The third-order valence-electron chi connectivity index (χ3n) is 3.77. The van der Waals surface area contributed by atoms with Crippen LogP contribution in [0.15, 0.2) is 42.5 Å². The lowest BCUT2D eigenvalue weighted by Gasteiger charge is -2.14. The van der Waals surface area contributed by atoms with Gasteiger partial charge in [-0.15, -0.1) is 0 Å². The van der Waals surface area contributed by atoms with Crippen molar-refractivity contribution in [2.45, 2.75) is 13.0 Å². The topological polar surface area (TPSA) is 106 Å². The molecule has 0 bridgehead atoms. The van der Waals surface area contributed by atoms with E-state index >= 15 is 0 Å². The number of phenols is 1. The number of ether oxygens (including phenoxy) is 2. The fraction of sp³-hybridized carbons (Fsp3) is 0.222. The lowest BCUT2D eigenvalue weighted by molar-refractivity contribution is 0.310. The average molecular weight is 340 g/mol. The third kappa shape index (κ3) is 3.56. The molecule has 0 saturated carbocycles. The Morgan fingerprint density at radius 2 is 1.92 bits per heavy atom. The highest BCUT2D eigenvalue weighted by atomic mass is 16.5. The summed E-state index contributed by atoms with van der Waals surface area (Å²) in [4.78, 5) is 4.46. The molecule has 0 amide bonds. The van der Waals surface area contributed by atoms with Crippen molar-refractivity contribution in [2.24, 2.45) is 5.73 Å². The van der Waals surface area contributed by atoms with Gasteiger partial charge < -0.3 is 20.3 Å². The first-order valence-electron chi connectivity index (χ1n) is 7.90. The van der Waals surface area contributed by atoms with Crippen LogP contribution in [0.5, 0.6) is 17.2 Å². The number of hydrogen-bond acceptors (Lipinski definition) is 6. The number of nitrogens with one attached hydrogen (secondary N) is 1. The second-order valence-corrected chi connectivity index (χ2v) is 5.41. The molecule has 130 valence electrons. The van der Waals surface area contributed by atoms with Crippen molar-refractivity contribution in [2.75, 3.05) is 13.7 Å². The summed E-state index contributed by atoms with van der Waals surface area (Å²) in [5, 5.41) is 16.4. The molecule has 0 fully saturated rings. The fourth-order valence-electron chi connectivity index (χ4n) is 2.47. The van der Waals surface area contributed by atoms with Gasteiger partial charge in [-0.25, -0.2) is 4.98 Å². The zero-order valence-corrected chi connectivity index (χ0v) is 14.1. The number of aromatic hydroxyl groups is 1. The predicted molar refractivity (Wildman–Crippen MR) is 93.7 cm³/mol. The number of methoxy groups -OCH3 is 1. The lowest BCUT2D eigenvalue weighted by Crippen LogP contribution is -2.14. The minimum Gasteiger partial charge on any atom is -0.508 e. The van der Waals surface area contributed by atoms with Gasteiger partial charge in [0.1, 0.15) is 11.6 Å². The number of aromatic nitrogens is 3. The molecule has 1 heterocycles. The minimum atomic E-state index is -0.483. The fourth-order valence-corrected chi connectivity index (χ4v) is 2.47. The monoisotopic (exact) mass is 340 g/mol. The Morgan fingerprint density at radius 1 is 1.16 bits per heavy atom. The first kappa shape index (κ1) is 16.8. The van der Waals surface area contributed by atoms with Crippen molar-refractivity contribution < 1.29 is 14.6 Å². The number of rotatable bonds is 6. The van der Waals surface area contributed by atoms with E-state index < -0.39 is 6.04 Å². The van der Waals surface area contributed by atoms with Crippen molar-refractivity contribution >= 4 is 0 Å². The van der Waals surface area contributed by atoms with Gasteiger partial charge in [-0.05, 0) is 48.9 Å². The molecule has 0 aliphatic heterocycles. The number of benzene rings is 2. The Labute approximate surface area is 145 Å². The average Bonchev–Trinajstić information content (AvgIpc) is 3.12. The van der Waals surface area contributed by atoms with Crippen LogP contribution in [0, 0.1) is 0 Å². The van der Waals surface area contributed by atoms with Gasteiger partial charge in [0.25, 0.3) is 0 Å². The summed E-state index contributed by atoms with van der Waals surface area (Å²) in [5.41, 5.74) is 7.94. The second-order valence-electron chi connectivity index (χ2n) is 5.41. The highest BCUT2D eigenvalue weighted by Crippen LogP contribution is 2.31. The highest BCUT2D eigenvalue weighted by molar-refractivity contribution is 5.56. The molecule has 1 atom stereocenters. The molecule has 0 spiro atoms. The van der Waals surface area contributed by atoms with Crippen LogP contribution in [0.25, 0.3) is 11.4 Å². The van der Waals surface area contributed by atoms with Crippen LogP contribution in [0.2, 0.25) is 0 Å². The molecule has 0 saturated heterocycles. The molecule has 3 rings (SSSR count). The van der Waals surface area contributed by atoms with E-state index in [0.717, 1.165) is 11.1 Å². The Morgan fingerprint density at radius 3 is 2.60 bits per heavy atom. The summed E-state index contributed by atoms with van der Waals surface area (Å²) >= 11 is 0. The summed E-state index contributed by atoms with van der Waals surface area (Å²) in [6, 6.07) is 11.7. The molecular formula is C18H20N4O3. The van der Waals surface area contributed by atoms with Crippen molar-refractivity contribution in [3.8, 4) is 28.6 Å². The first-order valence-corrected chi connectivity index (χ1v) is 7.90. The molecule has 3 aromatic rings. The maximum Gasteiger partial charge on any atom is 0.181 e. The van der Waals surface area contributed by atoms with Crippen molar-refractivity contribution in [3.63, 3.8) is 0 Å². The van der Waals surface area contributed by atoms with Gasteiger partial charge >= 0.3 is 0 Å². The maximum absolute atomic E-state index is 9.37. The van der Waals surface area contributed by atoms with Gasteiger partial charge in [0.05, 0.1) is 19.8 Å².